The van der Waals surface area contributed by atoms with Gasteiger partial charge >= 0.3 is 0 Å². The predicted octanol–water partition coefficient (Wildman–Crippen LogP) is 2.78. The number of methoxy groups -OCH3 is 1. The highest BCUT2D eigenvalue weighted by Crippen LogP contribution is 2.24. The van der Waals surface area contributed by atoms with Crippen LogP contribution in [0.4, 0.5) is 4.39 Å². The summed E-state index contributed by atoms with van der Waals surface area (Å²) in [4.78, 5) is 0. The third-order valence-corrected chi connectivity index (χ3v) is 2.21. The molecule has 1 aromatic carbocycles. The Labute approximate surface area is 72.2 Å². The molecule has 0 fully saturated rings. The van der Waals surface area contributed by atoms with Gasteiger partial charge < -0.3 is 4.74 Å². The molecule has 2 heteroatoms. The molecule has 0 unspecified atom stereocenters. The SMILES string of the molecule is COc1ccc(CF)c(C)c1C. The van der Waals surface area contributed by atoms with Gasteiger partial charge in [-0.1, -0.05) is 6.07 Å². The summed E-state index contributed by atoms with van der Waals surface area (Å²) in [5.41, 5.74) is 2.75. The molecule has 1 nitrogen and oxygen atoms in total. The second kappa shape index (κ2) is 3.57. The average Bonchev–Trinajstić information content (AvgIpc) is 2.10. The molecule has 0 aromatic heterocycles. The van der Waals surface area contributed by atoms with Crippen LogP contribution in [0.5, 0.6) is 5.75 Å². The fourth-order valence-electron chi connectivity index (χ4n) is 1.22. The summed E-state index contributed by atoms with van der Waals surface area (Å²) in [5, 5.41) is 0. The minimum Gasteiger partial charge on any atom is -0.496 e. The van der Waals surface area contributed by atoms with E-state index in [1.54, 1.807) is 19.2 Å². The number of ether oxygens (including phenoxy) is 1. The van der Waals surface area contributed by atoms with E-state index < -0.39 is 6.67 Å². The van der Waals surface area contributed by atoms with Crippen LogP contribution in [0.25, 0.3) is 0 Å². The lowest BCUT2D eigenvalue weighted by atomic mass is 10.0. The summed E-state index contributed by atoms with van der Waals surface area (Å²) in [7, 11) is 1.62. The molecule has 0 saturated carbocycles. The molecule has 0 spiro atoms. The normalized spacial score (nSPS) is 10.0. The van der Waals surface area contributed by atoms with Crippen molar-refractivity contribution in [1.29, 1.82) is 0 Å². The number of benzene rings is 1. The number of halogens is 1. The molecule has 0 aliphatic heterocycles. The summed E-state index contributed by atoms with van der Waals surface area (Å²) in [6.07, 6.45) is 0. The quantitative estimate of drug-likeness (QED) is 0.659. The molecule has 0 bridgehead atoms. The van der Waals surface area contributed by atoms with E-state index in [1.807, 2.05) is 13.8 Å². The largest absolute Gasteiger partial charge is 0.496 e. The van der Waals surface area contributed by atoms with E-state index in [2.05, 4.69) is 0 Å². The number of rotatable bonds is 2. The molecular weight excluding hydrogens is 155 g/mol. The molecule has 0 aliphatic carbocycles. The highest BCUT2D eigenvalue weighted by molar-refractivity contribution is 5.43. The van der Waals surface area contributed by atoms with Gasteiger partial charge in [0.25, 0.3) is 0 Å². The second-order valence-corrected chi connectivity index (χ2v) is 2.81. The lowest BCUT2D eigenvalue weighted by molar-refractivity contribution is 0.410. The van der Waals surface area contributed by atoms with Crippen molar-refractivity contribution in [2.75, 3.05) is 7.11 Å². The lowest BCUT2D eigenvalue weighted by Gasteiger charge is -2.09. The molecule has 0 N–H and O–H groups in total. The summed E-state index contributed by atoms with van der Waals surface area (Å²) in [5.74, 6) is 0.824. The summed E-state index contributed by atoms with van der Waals surface area (Å²) < 4.78 is 17.5. The first-order chi connectivity index (χ1) is 5.70. The molecule has 0 radical (unpaired) electrons. The Morgan fingerprint density at radius 1 is 1.25 bits per heavy atom. The summed E-state index contributed by atoms with van der Waals surface area (Å²) >= 11 is 0. The first-order valence-electron chi connectivity index (χ1n) is 3.89. The second-order valence-electron chi connectivity index (χ2n) is 2.81. The maximum absolute atomic E-state index is 12.4. The third kappa shape index (κ3) is 1.42. The molecule has 12 heavy (non-hydrogen) atoms. The van der Waals surface area contributed by atoms with Crippen molar-refractivity contribution in [3.8, 4) is 5.75 Å². The minimum atomic E-state index is -0.406. The first kappa shape index (κ1) is 9.04. The van der Waals surface area contributed by atoms with Crippen LogP contribution >= 0.6 is 0 Å². The van der Waals surface area contributed by atoms with Crippen LogP contribution in [-0.4, -0.2) is 7.11 Å². The van der Waals surface area contributed by atoms with Crippen LogP contribution in [0.3, 0.4) is 0 Å². The Balaban J connectivity index is 3.20. The number of hydrogen-bond donors (Lipinski definition) is 0. The van der Waals surface area contributed by atoms with Gasteiger partial charge in [0.2, 0.25) is 0 Å². The fraction of sp³-hybridized carbons (Fsp3) is 0.400. The average molecular weight is 168 g/mol. The van der Waals surface area contributed by atoms with Gasteiger partial charge in [0, 0.05) is 0 Å². The van der Waals surface area contributed by atoms with Crippen LogP contribution in [0.1, 0.15) is 16.7 Å². The topological polar surface area (TPSA) is 9.23 Å². The Kier molecular flexibility index (Phi) is 2.69. The van der Waals surface area contributed by atoms with E-state index in [1.165, 1.54) is 0 Å². The van der Waals surface area contributed by atoms with Crippen molar-refractivity contribution in [1.82, 2.24) is 0 Å². The number of hydrogen-bond acceptors (Lipinski definition) is 1. The van der Waals surface area contributed by atoms with Gasteiger partial charge in [-0.3, -0.25) is 0 Å². The minimum absolute atomic E-state index is 0.406. The number of alkyl halides is 1. The fourth-order valence-corrected chi connectivity index (χ4v) is 1.22. The van der Waals surface area contributed by atoms with E-state index in [9.17, 15) is 4.39 Å². The Hall–Kier alpha value is -1.05. The maximum Gasteiger partial charge on any atom is 0.122 e. The molecule has 0 aliphatic rings. The van der Waals surface area contributed by atoms with Crippen molar-refractivity contribution in [2.24, 2.45) is 0 Å². The summed E-state index contributed by atoms with van der Waals surface area (Å²) in [6.45, 7) is 3.44. The highest BCUT2D eigenvalue weighted by Gasteiger charge is 2.05. The molecule has 0 amide bonds. The van der Waals surface area contributed by atoms with Crippen LogP contribution in [0.15, 0.2) is 12.1 Å². The first-order valence-corrected chi connectivity index (χ1v) is 3.89. The monoisotopic (exact) mass is 168 g/mol. The van der Waals surface area contributed by atoms with Gasteiger partial charge in [0.15, 0.2) is 0 Å². The zero-order valence-electron chi connectivity index (χ0n) is 7.65. The maximum atomic E-state index is 12.4. The van der Waals surface area contributed by atoms with Gasteiger partial charge in [0.1, 0.15) is 12.4 Å². The van der Waals surface area contributed by atoms with Crippen molar-refractivity contribution in [2.45, 2.75) is 20.5 Å². The molecular formula is C10H13FO. The van der Waals surface area contributed by atoms with Crippen molar-refractivity contribution in [3.63, 3.8) is 0 Å². The van der Waals surface area contributed by atoms with E-state index in [-0.39, 0.29) is 0 Å². The smallest absolute Gasteiger partial charge is 0.122 e. The Morgan fingerprint density at radius 2 is 1.92 bits per heavy atom. The molecule has 0 atom stereocenters. The molecule has 1 aromatic rings. The van der Waals surface area contributed by atoms with E-state index >= 15 is 0 Å². The predicted molar refractivity (Wildman–Crippen MR) is 47.3 cm³/mol. The summed E-state index contributed by atoms with van der Waals surface area (Å²) in [6, 6.07) is 3.57. The van der Waals surface area contributed by atoms with Gasteiger partial charge in [-0.15, -0.1) is 0 Å². The van der Waals surface area contributed by atoms with Crippen LogP contribution in [0.2, 0.25) is 0 Å². The molecule has 0 heterocycles. The lowest BCUT2D eigenvalue weighted by Crippen LogP contribution is -1.93. The van der Waals surface area contributed by atoms with E-state index in [0.717, 1.165) is 22.4 Å². The van der Waals surface area contributed by atoms with Crippen molar-refractivity contribution >= 4 is 0 Å². The van der Waals surface area contributed by atoms with Crippen molar-refractivity contribution in [3.05, 3.63) is 28.8 Å². The van der Waals surface area contributed by atoms with Crippen LogP contribution in [-0.2, 0) is 6.67 Å². The zero-order chi connectivity index (χ0) is 9.14. The molecule has 0 saturated heterocycles. The van der Waals surface area contributed by atoms with Crippen molar-refractivity contribution < 1.29 is 9.13 Å². The van der Waals surface area contributed by atoms with Crippen LogP contribution in [0, 0.1) is 13.8 Å². The van der Waals surface area contributed by atoms with Crippen LogP contribution < -0.4 is 4.74 Å². The van der Waals surface area contributed by atoms with Gasteiger partial charge in [-0.05, 0) is 36.6 Å². The zero-order valence-corrected chi connectivity index (χ0v) is 7.65. The molecule has 1 rings (SSSR count). The Morgan fingerprint density at radius 3 is 2.42 bits per heavy atom. The Bertz CT molecular complexity index is 252. The highest BCUT2D eigenvalue weighted by atomic mass is 19.1. The van der Waals surface area contributed by atoms with Gasteiger partial charge in [0.05, 0.1) is 7.11 Å². The van der Waals surface area contributed by atoms with Gasteiger partial charge in [-0.2, -0.15) is 0 Å². The molecule has 66 valence electrons. The standard InChI is InChI=1S/C10H13FO/c1-7-8(2)10(12-3)5-4-9(7)6-11/h4-5H,6H2,1-3H3. The van der Waals surface area contributed by atoms with Gasteiger partial charge in [-0.25, -0.2) is 4.39 Å². The van der Waals surface area contributed by atoms with E-state index in [4.69, 9.17) is 4.74 Å². The van der Waals surface area contributed by atoms with E-state index in [0.29, 0.717) is 0 Å². The third-order valence-electron chi connectivity index (χ3n) is 2.21.